The molecule has 2 rings (SSSR count). The highest BCUT2D eigenvalue weighted by atomic mass is 35.5. The van der Waals surface area contributed by atoms with Crippen molar-refractivity contribution in [2.24, 2.45) is 0 Å². The molecule has 0 atom stereocenters. The minimum Gasteiger partial charge on any atom is -0.397 e. The summed E-state index contributed by atoms with van der Waals surface area (Å²) in [7, 11) is 1.75. The zero-order valence-electron chi connectivity index (χ0n) is 11.1. The van der Waals surface area contributed by atoms with Crippen LogP contribution in [-0.2, 0) is 8.85 Å². The standard InChI is InChI=1S/C13H25ClO2Si/c1-15-17(16-2,12-5-3-4-6-12)13-9-7-11(14)8-10-13/h11-13H,3-10H2,1-2H3. The second-order valence-corrected chi connectivity index (χ2v) is 10.1. The molecule has 2 saturated carbocycles. The molecule has 100 valence electrons. The minimum absolute atomic E-state index is 0.384. The number of alkyl halides is 1. The average Bonchev–Trinajstić information content (AvgIpc) is 2.88. The normalized spacial score (nSPS) is 31.9. The maximum atomic E-state index is 6.21. The van der Waals surface area contributed by atoms with E-state index in [1.807, 2.05) is 14.2 Å². The molecule has 17 heavy (non-hydrogen) atoms. The topological polar surface area (TPSA) is 18.5 Å². The van der Waals surface area contributed by atoms with Crippen LogP contribution in [0.1, 0.15) is 51.4 Å². The molecular formula is C13H25ClO2Si. The monoisotopic (exact) mass is 276 g/mol. The molecule has 0 aromatic rings. The first-order chi connectivity index (χ1) is 8.23. The zero-order valence-corrected chi connectivity index (χ0v) is 12.8. The summed E-state index contributed by atoms with van der Waals surface area (Å²) in [5.41, 5.74) is 1.38. The summed E-state index contributed by atoms with van der Waals surface area (Å²) in [4.78, 5) is 0. The predicted molar refractivity (Wildman–Crippen MR) is 73.8 cm³/mol. The van der Waals surface area contributed by atoms with Crippen LogP contribution in [0.25, 0.3) is 0 Å². The van der Waals surface area contributed by atoms with E-state index in [9.17, 15) is 0 Å². The lowest BCUT2D eigenvalue weighted by Gasteiger charge is -2.41. The van der Waals surface area contributed by atoms with Crippen LogP contribution in [0.4, 0.5) is 0 Å². The van der Waals surface area contributed by atoms with Gasteiger partial charge in [-0.3, -0.25) is 0 Å². The summed E-state index contributed by atoms with van der Waals surface area (Å²) in [6.07, 6.45) is 10.0. The quantitative estimate of drug-likeness (QED) is 0.565. The van der Waals surface area contributed by atoms with Gasteiger partial charge in [0.25, 0.3) is 0 Å². The fraction of sp³-hybridized carbons (Fsp3) is 1.00. The van der Waals surface area contributed by atoms with E-state index in [1.165, 1.54) is 38.5 Å². The van der Waals surface area contributed by atoms with Gasteiger partial charge in [0.05, 0.1) is 0 Å². The molecule has 0 aromatic carbocycles. The van der Waals surface area contributed by atoms with Gasteiger partial charge < -0.3 is 8.85 Å². The van der Waals surface area contributed by atoms with Gasteiger partial charge in [0, 0.05) is 30.7 Å². The molecule has 2 aliphatic rings. The third-order valence-electron chi connectivity index (χ3n) is 4.79. The van der Waals surface area contributed by atoms with E-state index >= 15 is 0 Å². The van der Waals surface area contributed by atoms with Crippen molar-refractivity contribution in [3.8, 4) is 0 Å². The van der Waals surface area contributed by atoms with Gasteiger partial charge in [-0.1, -0.05) is 12.8 Å². The maximum Gasteiger partial charge on any atom is 0.344 e. The lowest BCUT2D eigenvalue weighted by atomic mass is 10.00. The highest BCUT2D eigenvalue weighted by Gasteiger charge is 2.52. The van der Waals surface area contributed by atoms with E-state index in [1.54, 1.807) is 0 Å². The number of halogens is 1. The second-order valence-electron chi connectivity index (χ2n) is 5.56. The first kappa shape index (κ1) is 13.8. The molecule has 2 nitrogen and oxygen atoms in total. The van der Waals surface area contributed by atoms with Gasteiger partial charge in [-0.25, -0.2) is 0 Å². The minimum atomic E-state index is -2.00. The molecule has 0 saturated heterocycles. The predicted octanol–water partition coefficient (Wildman–Crippen LogP) is 4.22. The Morgan fingerprint density at radius 2 is 1.29 bits per heavy atom. The fourth-order valence-corrected chi connectivity index (χ4v) is 8.64. The molecule has 0 bridgehead atoms. The van der Waals surface area contributed by atoms with Crippen molar-refractivity contribution in [2.45, 2.75) is 67.8 Å². The van der Waals surface area contributed by atoms with Crippen LogP contribution in [0.2, 0.25) is 11.1 Å². The van der Waals surface area contributed by atoms with Crippen LogP contribution in [0.5, 0.6) is 0 Å². The van der Waals surface area contributed by atoms with Crippen LogP contribution in [-0.4, -0.2) is 28.2 Å². The summed E-state index contributed by atoms with van der Waals surface area (Å²) in [6, 6.07) is 0. The Balaban J connectivity index is 2.09. The van der Waals surface area contributed by atoms with Gasteiger partial charge in [-0.2, -0.15) is 0 Å². The van der Waals surface area contributed by atoms with E-state index in [0.717, 1.165) is 18.4 Å². The van der Waals surface area contributed by atoms with Crippen LogP contribution in [0.15, 0.2) is 0 Å². The molecule has 4 heteroatoms. The number of hydrogen-bond acceptors (Lipinski definition) is 2. The second kappa shape index (κ2) is 6.05. The third kappa shape index (κ3) is 2.72. The van der Waals surface area contributed by atoms with Crippen LogP contribution in [0.3, 0.4) is 0 Å². The first-order valence-electron chi connectivity index (χ1n) is 6.97. The summed E-state index contributed by atoms with van der Waals surface area (Å²) >= 11 is 6.21. The first-order valence-corrected chi connectivity index (χ1v) is 9.38. The molecular weight excluding hydrogens is 252 g/mol. The molecule has 0 aromatic heterocycles. The Hall–Kier alpha value is 0.427. The molecule has 0 radical (unpaired) electrons. The molecule has 2 fully saturated rings. The lowest BCUT2D eigenvalue weighted by Crippen LogP contribution is -2.50. The Bertz CT molecular complexity index is 232. The van der Waals surface area contributed by atoms with Gasteiger partial charge in [0.15, 0.2) is 0 Å². The van der Waals surface area contributed by atoms with Gasteiger partial charge in [-0.15, -0.1) is 11.6 Å². The summed E-state index contributed by atoms with van der Waals surface area (Å²) in [5, 5.41) is 0.384. The van der Waals surface area contributed by atoms with E-state index in [2.05, 4.69) is 0 Å². The molecule has 0 aliphatic heterocycles. The largest absolute Gasteiger partial charge is 0.397 e. The summed E-state index contributed by atoms with van der Waals surface area (Å²) < 4.78 is 12.0. The van der Waals surface area contributed by atoms with Gasteiger partial charge >= 0.3 is 8.56 Å². The third-order valence-corrected chi connectivity index (χ3v) is 9.93. The lowest BCUT2D eigenvalue weighted by molar-refractivity contribution is 0.204. The fourth-order valence-electron chi connectivity index (χ4n) is 3.87. The smallest absolute Gasteiger partial charge is 0.344 e. The number of hydrogen-bond donors (Lipinski definition) is 0. The molecule has 0 N–H and O–H groups in total. The molecule has 2 aliphatic carbocycles. The SMILES string of the molecule is CO[Si](OC)(C1CCCC1)C1CCC(Cl)CC1. The van der Waals surface area contributed by atoms with E-state index < -0.39 is 8.56 Å². The van der Waals surface area contributed by atoms with Gasteiger partial charge in [-0.05, 0) is 38.5 Å². The Kier molecular flexibility index (Phi) is 4.93. The molecule has 0 heterocycles. The average molecular weight is 277 g/mol. The molecule has 0 amide bonds. The Labute approximate surface area is 111 Å². The molecule has 0 unspecified atom stereocenters. The highest BCUT2D eigenvalue weighted by Crippen LogP contribution is 2.49. The van der Waals surface area contributed by atoms with Crippen LogP contribution < -0.4 is 0 Å². The van der Waals surface area contributed by atoms with Crippen molar-refractivity contribution in [3.05, 3.63) is 0 Å². The molecule has 0 spiro atoms. The van der Waals surface area contributed by atoms with Crippen molar-refractivity contribution in [2.75, 3.05) is 14.2 Å². The van der Waals surface area contributed by atoms with Gasteiger partial charge in [0.1, 0.15) is 0 Å². The zero-order chi connectivity index (χ0) is 12.3. The Morgan fingerprint density at radius 1 is 0.824 bits per heavy atom. The van der Waals surface area contributed by atoms with Crippen molar-refractivity contribution >= 4 is 20.2 Å². The van der Waals surface area contributed by atoms with E-state index in [0.29, 0.717) is 10.9 Å². The van der Waals surface area contributed by atoms with E-state index in [-0.39, 0.29) is 0 Å². The summed E-state index contributed by atoms with van der Waals surface area (Å²) in [5.74, 6) is 0. The summed E-state index contributed by atoms with van der Waals surface area (Å²) in [6.45, 7) is 0. The van der Waals surface area contributed by atoms with Crippen molar-refractivity contribution in [3.63, 3.8) is 0 Å². The highest BCUT2D eigenvalue weighted by molar-refractivity contribution is 6.70. The van der Waals surface area contributed by atoms with Crippen molar-refractivity contribution in [1.82, 2.24) is 0 Å². The Morgan fingerprint density at radius 3 is 1.76 bits per heavy atom. The van der Waals surface area contributed by atoms with Crippen molar-refractivity contribution < 1.29 is 8.85 Å². The van der Waals surface area contributed by atoms with Crippen molar-refractivity contribution in [1.29, 1.82) is 0 Å². The van der Waals surface area contributed by atoms with E-state index in [4.69, 9.17) is 20.5 Å². The van der Waals surface area contributed by atoms with Crippen LogP contribution >= 0.6 is 11.6 Å². The maximum absolute atomic E-state index is 6.21. The van der Waals surface area contributed by atoms with Crippen LogP contribution in [0, 0.1) is 0 Å². The van der Waals surface area contributed by atoms with Gasteiger partial charge in [0.2, 0.25) is 0 Å². The number of rotatable bonds is 4.